The van der Waals surface area contributed by atoms with Crippen molar-refractivity contribution in [2.24, 2.45) is 0 Å². The van der Waals surface area contributed by atoms with E-state index in [4.69, 9.17) is 0 Å². The minimum absolute atomic E-state index is 0.0483. The van der Waals surface area contributed by atoms with Gasteiger partial charge in [0.2, 0.25) is 5.91 Å². The highest BCUT2D eigenvalue weighted by molar-refractivity contribution is 5.78. The standard InChI is InChI=1S/C12H15NO2/c14-11(10-6-7-12(15)13-10)8-9-4-2-1-3-5-9/h1-5,10-11,14H,6-8H2,(H,13,15)/t10-,11-/m1/s1. The summed E-state index contributed by atoms with van der Waals surface area (Å²) >= 11 is 0. The molecule has 1 heterocycles. The Labute approximate surface area is 89.1 Å². The van der Waals surface area contributed by atoms with E-state index in [-0.39, 0.29) is 11.9 Å². The van der Waals surface area contributed by atoms with Crippen LogP contribution in [0.5, 0.6) is 0 Å². The van der Waals surface area contributed by atoms with Gasteiger partial charge >= 0.3 is 0 Å². The van der Waals surface area contributed by atoms with Gasteiger partial charge in [0, 0.05) is 12.8 Å². The molecule has 0 unspecified atom stereocenters. The summed E-state index contributed by atoms with van der Waals surface area (Å²) < 4.78 is 0. The van der Waals surface area contributed by atoms with Crippen molar-refractivity contribution in [3.63, 3.8) is 0 Å². The molecule has 0 aliphatic carbocycles. The van der Waals surface area contributed by atoms with Crippen molar-refractivity contribution < 1.29 is 9.90 Å². The van der Waals surface area contributed by atoms with E-state index < -0.39 is 6.10 Å². The predicted octanol–water partition coefficient (Wildman–Crippen LogP) is 0.869. The van der Waals surface area contributed by atoms with E-state index in [1.54, 1.807) is 0 Å². The maximum atomic E-state index is 11.0. The number of carbonyl (C=O) groups is 1. The SMILES string of the molecule is O=C1CC[C@H]([C@H](O)Cc2ccccc2)N1. The van der Waals surface area contributed by atoms with Gasteiger partial charge in [0.15, 0.2) is 0 Å². The molecule has 1 saturated heterocycles. The molecule has 3 heteroatoms. The maximum absolute atomic E-state index is 11.0. The van der Waals surface area contributed by atoms with Crippen molar-refractivity contribution >= 4 is 5.91 Å². The minimum Gasteiger partial charge on any atom is -0.391 e. The molecule has 1 aromatic rings. The zero-order chi connectivity index (χ0) is 10.7. The first-order valence-electron chi connectivity index (χ1n) is 5.27. The van der Waals surface area contributed by atoms with Crippen molar-refractivity contribution in [1.29, 1.82) is 0 Å². The van der Waals surface area contributed by atoms with Crippen molar-refractivity contribution in [2.45, 2.75) is 31.4 Å². The van der Waals surface area contributed by atoms with Gasteiger partial charge in [-0.05, 0) is 12.0 Å². The normalized spacial score (nSPS) is 22.5. The van der Waals surface area contributed by atoms with Gasteiger partial charge in [-0.25, -0.2) is 0 Å². The molecule has 0 saturated carbocycles. The smallest absolute Gasteiger partial charge is 0.220 e. The second-order valence-electron chi connectivity index (χ2n) is 3.97. The molecule has 1 amide bonds. The Morgan fingerprint density at radius 1 is 1.40 bits per heavy atom. The van der Waals surface area contributed by atoms with E-state index in [1.165, 1.54) is 0 Å². The quantitative estimate of drug-likeness (QED) is 0.769. The van der Waals surface area contributed by atoms with Gasteiger partial charge in [0.1, 0.15) is 0 Å². The van der Waals surface area contributed by atoms with Crippen LogP contribution in [0.1, 0.15) is 18.4 Å². The van der Waals surface area contributed by atoms with Crippen molar-refractivity contribution in [2.75, 3.05) is 0 Å². The summed E-state index contributed by atoms with van der Waals surface area (Å²) in [5, 5.41) is 12.7. The highest BCUT2D eigenvalue weighted by atomic mass is 16.3. The summed E-state index contributed by atoms with van der Waals surface area (Å²) in [6.07, 6.45) is 1.41. The highest BCUT2D eigenvalue weighted by Gasteiger charge is 2.27. The number of rotatable bonds is 3. The molecular formula is C12H15NO2. The Morgan fingerprint density at radius 2 is 2.13 bits per heavy atom. The van der Waals surface area contributed by atoms with Gasteiger partial charge in [-0.1, -0.05) is 30.3 Å². The number of amides is 1. The summed E-state index contributed by atoms with van der Waals surface area (Å²) in [6.45, 7) is 0. The topological polar surface area (TPSA) is 49.3 Å². The Bertz CT molecular complexity index is 337. The summed E-state index contributed by atoms with van der Waals surface area (Å²) in [7, 11) is 0. The van der Waals surface area contributed by atoms with Crippen LogP contribution in [0.25, 0.3) is 0 Å². The van der Waals surface area contributed by atoms with Gasteiger partial charge in [-0.3, -0.25) is 4.79 Å². The second-order valence-corrected chi connectivity index (χ2v) is 3.97. The number of aliphatic hydroxyl groups excluding tert-OH is 1. The molecule has 1 aromatic carbocycles. The molecule has 15 heavy (non-hydrogen) atoms. The molecule has 1 aliphatic rings. The van der Waals surface area contributed by atoms with Crippen LogP contribution in [0.15, 0.2) is 30.3 Å². The highest BCUT2D eigenvalue weighted by Crippen LogP contribution is 2.14. The molecule has 0 spiro atoms. The maximum Gasteiger partial charge on any atom is 0.220 e. The number of nitrogens with one attached hydrogen (secondary N) is 1. The molecule has 3 nitrogen and oxygen atoms in total. The van der Waals surface area contributed by atoms with E-state index in [1.807, 2.05) is 30.3 Å². The average Bonchev–Trinajstić information content (AvgIpc) is 2.66. The Kier molecular flexibility index (Phi) is 3.02. The first kappa shape index (κ1) is 10.2. The first-order valence-corrected chi connectivity index (χ1v) is 5.27. The fourth-order valence-corrected chi connectivity index (χ4v) is 1.92. The van der Waals surface area contributed by atoms with E-state index in [9.17, 15) is 9.90 Å². The number of aliphatic hydroxyl groups is 1. The fourth-order valence-electron chi connectivity index (χ4n) is 1.92. The number of carbonyl (C=O) groups excluding carboxylic acids is 1. The molecular weight excluding hydrogens is 190 g/mol. The van der Waals surface area contributed by atoms with Crippen LogP contribution in [-0.2, 0) is 11.2 Å². The van der Waals surface area contributed by atoms with E-state index in [0.29, 0.717) is 12.8 Å². The molecule has 2 atom stereocenters. The Hall–Kier alpha value is -1.35. The fraction of sp³-hybridized carbons (Fsp3) is 0.417. The molecule has 1 aliphatic heterocycles. The summed E-state index contributed by atoms with van der Waals surface area (Å²) in [5.41, 5.74) is 1.10. The van der Waals surface area contributed by atoms with Crippen LogP contribution < -0.4 is 5.32 Å². The third kappa shape index (κ3) is 2.57. The predicted molar refractivity (Wildman–Crippen MR) is 57.3 cm³/mol. The number of hydrogen-bond acceptors (Lipinski definition) is 2. The summed E-state index contributed by atoms with van der Waals surface area (Å²) in [4.78, 5) is 11.0. The second kappa shape index (κ2) is 4.45. The first-order chi connectivity index (χ1) is 7.25. The van der Waals surface area contributed by atoms with Crippen LogP contribution in [-0.4, -0.2) is 23.2 Å². The van der Waals surface area contributed by atoms with Gasteiger partial charge in [-0.2, -0.15) is 0 Å². The van der Waals surface area contributed by atoms with Crippen LogP contribution in [0.3, 0.4) is 0 Å². The van der Waals surface area contributed by atoms with Crippen molar-refractivity contribution in [3.8, 4) is 0 Å². The van der Waals surface area contributed by atoms with Crippen molar-refractivity contribution in [1.82, 2.24) is 5.32 Å². The molecule has 80 valence electrons. The van der Waals surface area contributed by atoms with Crippen LogP contribution in [0, 0.1) is 0 Å². The summed E-state index contributed by atoms with van der Waals surface area (Å²) in [6, 6.07) is 9.76. The van der Waals surface area contributed by atoms with Gasteiger partial charge in [-0.15, -0.1) is 0 Å². The number of hydrogen-bond donors (Lipinski definition) is 2. The lowest BCUT2D eigenvalue weighted by molar-refractivity contribution is -0.119. The molecule has 0 bridgehead atoms. The third-order valence-corrected chi connectivity index (χ3v) is 2.78. The lowest BCUT2D eigenvalue weighted by Gasteiger charge is -2.17. The molecule has 2 rings (SSSR count). The van der Waals surface area contributed by atoms with Crippen molar-refractivity contribution in [3.05, 3.63) is 35.9 Å². The lowest BCUT2D eigenvalue weighted by atomic mass is 10.0. The van der Waals surface area contributed by atoms with Crippen LogP contribution in [0.4, 0.5) is 0 Å². The van der Waals surface area contributed by atoms with E-state index >= 15 is 0 Å². The molecule has 0 radical (unpaired) electrons. The molecule has 0 aromatic heterocycles. The Morgan fingerprint density at radius 3 is 2.73 bits per heavy atom. The molecule has 1 fully saturated rings. The lowest BCUT2D eigenvalue weighted by Crippen LogP contribution is -2.37. The zero-order valence-corrected chi connectivity index (χ0v) is 8.52. The molecule has 2 N–H and O–H groups in total. The Balaban J connectivity index is 1.92. The van der Waals surface area contributed by atoms with Crippen LogP contribution in [0.2, 0.25) is 0 Å². The number of benzene rings is 1. The summed E-state index contributed by atoms with van der Waals surface area (Å²) in [5.74, 6) is 0.0483. The van der Waals surface area contributed by atoms with Crippen LogP contribution >= 0.6 is 0 Å². The van der Waals surface area contributed by atoms with Gasteiger partial charge in [0.05, 0.1) is 12.1 Å². The zero-order valence-electron chi connectivity index (χ0n) is 8.52. The largest absolute Gasteiger partial charge is 0.391 e. The minimum atomic E-state index is -0.473. The van der Waals surface area contributed by atoms with E-state index in [0.717, 1.165) is 12.0 Å². The van der Waals surface area contributed by atoms with Gasteiger partial charge in [0.25, 0.3) is 0 Å². The van der Waals surface area contributed by atoms with E-state index in [2.05, 4.69) is 5.32 Å². The van der Waals surface area contributed by atoms with Gasteiger partial charge < -0.3 is 10.4 Å². The third-order valence-electron chi connectivity index (χ3n) is 2.78. The average molecular weight is 205 g/mol. The monoisotopic (exact) mass is 205 g/mol.